The Hall–Kier alpha value is -3.20. The zero-order valence-electron chi connectivity index (χ0n) is 14.0. The fourth-order valence-corrected chi connectivity index (χ4v) is 3.17. The molecule has 3 heteroatoms. The van der Waals surface area contributed by atoms with E-state index in [0.717, 1.165) is 22.3 Å². The third-order valence-electron chi connectivity index (χ3n) is 4.47. The molecule has 1 aliphatic heterocycles. The Labute approximate surface area is 147 Å². The molecule has 0 spiro atoms. The number of hydrogen-bond acceptors (Lipinski definition) is 2. The maximum atomic E-state index is 12.3. The highest BCUT2D eigenvalue weighted by molar-refractivity contribution is 5.94. The first kappa shape index (κ1) is 15.3. The van der Waals surface area contributed by atoms with Gasteiger partial charge in [0.15, 0.2) is 0 Å². The molecule has 122 valence electrons. The summed E-state index contributed by atoms with van der Waals surface area (Å²) in [5.41, 5.74) is 5.52. The monoisotopic (exact) mass is 326 g/mol. The summed E-state index contributed by atoms with van der Waals surface area (Å²) in [5.74, 6) is 0.702. The number of benzene rings is 2. The predicted octanol–water partition coefficient (Wildman–Crippen LogP) is 4.79. The van der Waals surface area contributed by atoms with Crippen LogP contribution in [0.4, 0.5) is 5.82 Å². The van der Waals surface area contributed by atoms with Crippen molar-refractivity contribution in [2.75, 3.05) is 4.90 Å². The second kappa shape index (κ2) is 6.36. The number of anilines is 1. The lowest BCUT2D eigenvalue weighted by Crippen LogP contribution is -2.30. The van der Waals surface area contributed by atoms with Crippen molar-refractivity contribution in [2.24, 2.45) is 0 Å². The largest absolute Gasteiger partial charge is 0.292 e. The van der Waals surface area contributed by atoms with Crippen LogP contribution in [0.1, 0.15) is 23.6 Å². The van der Waals surface area contributed by atoms with Gasteiger partial charge in [0.25, 0.3) is 0 Å². The number of nitrogens with zero attached hydrogens (tertiary/aromatic N) is 2. The number of carbonyl (C=O) groups excluding carboxylic acids is 1. The first-order valence-electron chi connectivity index (χ1n) is 8.32. The molecular formula is C22H18N2O. The Morgan fingerprint density at radius 2 is 1.72 bits per heavy atom. The van der Waals surface area contributed by atoms with Crippen LogP contribution in [0.3, 0.4) is 0 Å². The van der Waals surface area contributed by atoms with E-state index in [0.29, 0.717) is 12.4 Å². The molecule has 0 unspecified atom stereocenters. The molecule has 0 saturated heterocycles. The quantitative estimate of drug-likeness (QED) is 0.644. The fourth-order valence-electron chi connectivity index (χ4n) is 3.17. The fraction of sp³-hybridized carbons (Fsp3) is 0.0909. The summed E-state index contributed by atoms with van der Waals surface area (Å²) in [6.45, 7) is 2.10. The number of fused-ring (bicyclic) bond motifs is 2. The van der Waals surface area contributed by atoms with Gasteiger partial charge in [0, 0.05) is 18.7 Å². The lowest BCUT2D eigenvalue weighted by molar-refractivity contribution is -0.116. The number of aromatic nitrogens is 1. The average molecular weight is 326 g/mol. The van der Waals surface area contributed by atoms with E-state index in [1.165, 1.54) is 5.56 Å². The topological polar surface area (TPSA) is 33.2 Å². The average Bonchev–Trinajstić information content (AvgIpc) is 2.64. The molecule has 25 heavy (non-hydrogen) atoms. The second-order valence-corrected chi connectivity index (χ2v) is 6.13. The lowest BCUT2D eigenvalue weighted by atomic mass is 9.97. The highest BCUT2D eigenvalue weighted by Crippen LogP contribution is 2.29. The van der Waals surface area contributed by atoms with Crippen LogP contribution >= 0.6 is 0 Å². The molecule has 1 aliphatic rings. The molecule has 0 atom stereocenters. The number of carbonyl (C=O) groups is 1. The van der Waals surface area contributed by atoms with Crippen molar-refractivity contribution < 1.29 is 4.79 Å². The molecule has 0 aliphatic carbocycles. The van der Waals surface area contributed by atoms with Crippen molar-refractivity contribution in [3.63, 3.8) is 0 Å². The standard InChI is InChI=1S/C22H18N2O/c1-16(25)24-15-21-14-20(17-6-3-2-4-7-17)12-10-18(21)9-11-19-8-5-13-23-22(19)24/h2-14H,15H2,1H3/b11-9-. The number of amides is 1. The summed E-state index contributed by atoms with van der Waals surface area (Å²) in [5, 5.41) is 0. The van der Waals surface area contributed by atoms with Crippen LogP contribution < -0.4 is 4.90 Å². The molecule has 1 aromatic heterocycles. The van der Waals surface area contributed by atoms with Crippen LogP contribution in [0.5, 0.6) is 0 Å². The maximum absolute atomic E-state index is 12.3. The normalized spacial score (nSPS) is 14.0. The third kappa shape index (κ3) is 2.96. The van der Waals surface area contributed by atoms with Crippen LogP contribution in [-0.4, -0.2) is 10.9 Å². The molecule has 1 amide bonds. The smallest absolute Gasteiger partial charge is 0.225 e. The Morgan fingerprint density at radius 1 is 0.920 bits per heavy atom. The highest BCUT2D eigenvalue weighted by atomic mass is 16.2. The van der Waals surface area contributed by atoms with Gasteiger partial charge in [0.2, 0.25) is 5.91 Å². The summed E-state index contributed by atoms with van der Waals surface area (Å²) in [4.78, 5) is 18.4. The molecule has 0 saturated carbocycles. The van der Waals surface area contributed by atoms with Gasteiger partial charge >= 0.3 is 0 Å². The molecule has 2 aromatic carbocycles. The molecule has 0 bridgehead atoms. The van der Waals surface area contributed by atoms with Crippen LogP contribution in [0.15, 0.2) is 66.9 Å². The molecule has 0 fully saturated rings. The summed E-state index contributed by atoms with van der Waals surface area (Å²) in [6, 6.07) is 20.6. The van der Waals surface area contributed by atoms with Gasteiger partial charge in [0.05, 0.1) is 6.54 Å². The molecule has 0 N–H and O–H groups in total. The maximum Gasteiger partial charge on any atom is 0.225 e. The predicted molar refractivity (Wildman–Crippen MR) is 102 cm³/mol. The van der Waals surface area contributed by atoms with E-state index in [9.17, 15) is 4.79 Å². The summed E-state index contributed by atoms with van der Waals surface area (Å²) >= 11 is 0. The molecular weight excluding hydrogens is 308 g/mol. The Morgan fingerprint density at radius 3 is 2.52 bits per heavy atom. The van der Waals surface area contributed by atoms with E-state index in [2.05, 4.69) is 41.4 Å². The number of hydrogen-bond donors (Lipinski definition) is 0. The Kier molecular flexibility index (Phi) is 3.90. The van der Waals surface area contributed by atoms with Crippen LogP contribution in [0.25, 0.3) is 23.3 Å². The van der Waals surface area contributed by atoms with Gasteiger partial charge in [-0.15, -0.1) is 0 Å². The van der Waals surface area contributed by atoms with Crippen molar-refractivity contribution in [2.45, 2.75) is 13.5 Å². The highest BCUT2D eigenvalue weighted by Gasteiger charge is 2.19. The molecule has 3 aromatic rings. The summed E-state index contributed by atoms with van der Waals surface area (Å²) in [7, 11) is 0. The second-order valence-electron chi connectivity index (χ2n) is 6.13. The molecule has 4 rings (SSSR count). The summed E-state index contributed by atoms with van der Waals surface area (Å²) in [6.07, 6.45) is 5.85. The van der Waals surface area contributed by atoms with Gasteiger partial charge < -0.3 is 0 Å². The van der Waals surface area contributed by atoms with Crippen molar-refractivity contribution >= 4 is 23.9 Å². The van der Waals surface area contributed by atoms with Crippen molar-refractivity contribution in [1.29, 1.82) is 0 Å². The van der Waals surface area contributed by atoms with E-state index >= 15 is 0 Å². The van der Waals surface area contributed by atoms with Gasteiger partial charge in [-0.2, -0.15) is 0 Å². The lowest BCUT2D eigenvalue weighted by Gasteiger charge is -2.25. The van der Waals surface area contributed by atoms with Crippen molar-refractivity contribution in [1.82, 2.24) is 4.98 Å². The third-order valence-corrected chi connectivity index (χ3v) is 4.47. The molecule has 0 radical (unpaired) electrons. The summed E-state index contributed by atoms with van der Waals surface area (Å²) < 4.78 is 0. The molecule has 2 heterocycles. The van der Waals surface area contributed by atoms with Crippen molar-refractivity contribution in [3.8, 4) is 11.1 Å². The minimum absolute atomic E-state index is 0.00804. The van der Waals surface area contributed by atoms with Gasteiger partial charge in [-0.3, -0.25) is 9.69 Å². The SMILES string of the molecule is CC(=O)N1Cc2cc(-c3ccccc3)ccc2/C=C\c2cccnc21. The van der Waals surface area contributed by atoms with Gasteiger partial charge in [0.1, 0.15) is 5.82 Å². The number of pyridine rings is 1. The van der Waals surface area contributed by atoms with Gasteiger partial charge in [-0.25, -0.2) is 4.98 Å². The van der Waals surface area contributed by atoms with Crippen molar-refractivity contribution in [3.05, 3.63) is 83.6 Å². The van der Waals surface area contributed by atoms with E-state index in [1.54, 1.807) is 18.0 Å². The van der Waals surface area contributed by atoms with Crippen LogP contribution in [-0.2, 0) is 11.3 Å². The minimum Gasteiger partial charge on any atom is -0.292 e. The Bertz CT molecular complexity index is 961. The van der Waals surface area contributed by atoms with Crippen LogP contribution in [0, 0.1) is 0 Å². The first-order valence-corrected chi connectivity index (χ1v) is 8.32. The first-order chi connectivity index (χ1) is 12.2. The van der Waals surface area contributed by atoms with Crippen LogP contribution in [0.2, 0.25) is 0 Å². The van der Waals surface area contributed by atoms with E-state index in [1.807, 2.05) is 36.4 Å². The van der Waals surface area contributed by atoms with E-state index < -0.39 is 0 Å². The van der Waals surface area contributed by atoms with E-state index in [-0.39, 0.29) is 5.91 Å². The van der Waals surface area contributed by atoms with Gasteiger partial charge in [-0.05, 0) is 40.5 Å². The molecule has 3 nitrogen and oxygen atoms in total. The minimum atomic E-state index is -0.00804. The Balaban J connectivity index is 1.84. The van der Waals surface area contributed by atoms with Gasteiger partial charge in [-0.1, -0.05) is 54.6 Å². The number of rotatable bonds is 1. The zero-order valence-corrected chi connectivity index (χ0v) is 14.0. The van der Waals surface area contributed by atoms with E-state index in [4.69, 9.17) is 0 Å². The zero-order chi connectivity index (χ0) is 17.2.